The van der Waals surface area contributed by atoms with Crippen LogP contribution in [0.3, 0.4) is 0 Å². The number of fused-ring (bicyclic) bond motifs is 2. The number of hydrogen-bond donors (Lipinski definition) is 1. The molecule has 19 heavy (non-hydrogen) atoms. The molecule has 0 amide bonds. The molecule has 1 aromatic heterocycles. The van der Waals surface area contributed by atoms with Crippen LogP contribution in [0.25, 0.3) is 0 Å². The summed E-state index contributed by atoms with van der Waals surface area (Å²) in [5.74, 6) is 2.86. The van der Waals surface area contributed by atoms with Gasteiger partial charge in [0.25, 0.3) is 0 Å². The highest BCUT2D eigenvalue weighted by Crippen LogP contribution is 2.48. The predicted octanol–water partition coefficient (Wildman–Crippen LogP) is 3.01. The van der Waals surface area contributed by atoms with Crippen LogP contribution < -0.4 is 4.90 Å². The Bertz CT molecular complexity index is 429. The van der Waals surface area contributed by atoms with Crippen molar-refractivity contribution in [1.29, 1.82) is 0 Å². The molecule has 3 nitrogen and oxygen atoms in total. The van der Waals surface area contributed by atoms with Crippen LogP contribution in [0.1, 0.15) is 44.4 Å². The second-order valence-corrected chi connectivity index (χ2v) is 6.43. The molecule has 0 aromatic carbocycles. The van der Waals surface area contributed by atoms with Gasteiger partial charge in [0.05, 0.1) is 23.7 Å². The van der Waals surface area contributed by atoms with Crippen molar-refractivity contribution in [3.8, 4) is 0 Å². The molecule has 2 fully saturated rings. The predicted molar refractivity (Wildman–Crippen MR) is 77.1 cm³/mol. The van der Waals surface area contributed by atoms with Crippen LogP contribution in [0.5, 0.6) is 0 Å². The average molecular weight is 260 g/mol. The van der Waals surface area contributed by atoms with Crippen LogP contribution in [0.4, 0.5) is 5.69 Å². The highest BCUT2D eigenvalue weighted by molar-refractivity contribution is 5.43. The lowest BCUT2D eigenvalue weighted by Crippen LogP contribution is -2.28. The van der Waals surface area contributed by atoms with E-state index in [4.69, 9.17) is 0 Å². The molecule has 4 atom stereocenters. The van der Waals surface area contributed by atoms with Crippen LogP contribution in [-0.4, -0.2) is 23.7 Å². The van der Waals surface area contributed by atoms with Crippen molar-refractivity contribution in [3.05, 3.63) is 24.0 Å². The molecule has 1 N–H and O–H groups in total. The SMILES string of the molecule is CC(O)c1ccc(N(C)CC2CC3CCC2C3)cn1. The summed E-state index contributed by atoms with van der Waals surface area (Å²) in [4.78, 5) is 6.65. The van der Waals surface area contributed by atoms with E-state index in [1.807, 2.05) is 12.3 Å². The Morgan fingerprint density at radius 2 is 2.21 bits per heavy atom. The maximum atomic E-state index is 9.48. The topological polar surface area (TPSA) is 36.4 Å². The molecule has 2 bridgehead atoms. The fourth-order valence-electron chi connectivity index (χ4n) is 3.93. The van der Waals surface area contributed by atoms with Gasteiger partial charge in [-0.25, -0.2) is 0 Å². The highest BCUT2D eigenvalue weighted by Gasteiger charge is 2.39. The van der Waals surface area contributed by atoms with Gasteiger partial charge in [0.2, 0.25) is 0 Å². The second-order valence-electron chi connectivity index (χ2n) is 6.43. The van der Waals surface area contributed by atoms with E-state index in [1.54, 1.807) is 6.92 Å². The van der Waals surface area contributed by atoms with E-state index in [-0.39, 0.29) is 0 Å². The van der Waals surface area contributed by atoms with E-state index < -0.39 is 6.10 Å². The number of aliphatic hydroxyl groups is 1. The van der Waals surface area contributed by atoms with Crippen molar-refractivity contribution in [2.75, 3.05) is 18.5 Å². The molecule has 0 saturated heterocycles. The summed E-state index contributed by atoms with van der Waals surface area (Å²) >= 11 is 0. The molecule has 104 valence electrons. The van der Waals surface area contributed by atoms with E-state index >= 15 is 0 Å². The minimum atomic E-state index is -0.482. The lowest BCUT2D eigenvalue weighted by atomic mass is 9.88. The Balaban J connectivity index is 1.62. The molecule has 1 heterocycles. The Morgan fingerprint density at radius 1 is 1.37 bits per heavy atom. The number of nitrogens with zero attached hydrogens (tertiary/aromatic N) is 2. The summed E-state index contributed by atoms with van der Waals surface area (Å²) in [5.41, 5.74) is 1.91. The molecule has 2 aliphatic carbocycles. The summed E-state index contributed by atoms with van der Waals surface area (Å²) in [6.07, 6.45) is 7.21. The Hall–Kier alpha value is -1.09. The molecule has 4 unspecified atom stereocenters. The molecule has 1 aromatic rings. The quantitative estimate of drug-likeness (QED) is 0.904. The lowest BCUT2D eigenvalue weighted by molar-refractivity contribution is 0.194. The van der Waals surface area contributed by atoms with Gasteiger partial charge in [-0.05, 0) is 56.1 Å². The van der Waals surface area contributed by atoms with Gasteiger partial charge >= 0.3 is 0 Å². The maximum Gasteiger partial charge on any atom is 0.0931 e. The number of aliphatic hydroxyl groups excluding tert-OH is 1. The first-order chi connectivity index (χ1) is 9.13. The largest absolute Gasteiger partial charge is 0.387 e. The first kappa shape index (κ1) is 12.9. The van der Waals surface area contributed by atoms with Crippen molar-refractivity contribution in [2.45, 2.75) is 38.7 Å². The van der Waals surface area contributed by atoms with E-state index in [0.717, 1.165) is 35.7 Å². The fourth-order valence-corrected chi connectivity index (χ4v) is 3.93. The van der Waals surface area contributed by atoms with Crippen molar-refractivity contribution >= 4 is 5.69 Å². The summed E-state index contributed by atoms with van der Waals surface area (Å²) in [6, 6.07) is 4.00. The third-order valence-electron chi connectivity index (χ3n) is 5.03. The molecule has 0 aliphatic heterocycles. The van der Waals surface area contributed by atoms with Gasteiger partial charge < -0.3 is 10.0 Å². The molecular formula is C16H24N2O. The van der Waals surface area contributed by atoms with Gasteiger partial charge in [0.1, 0.15) is 0 Å². The number of rotatable bonds is 4. The molecule has 3 rings (SSSR count). The number of hydrogen-bond acceptors (Lipinski definition) is 3. The van der Waals surface area contributed by atoms with Crippen LogP contribution in [0.2, 0.25) is 0 Å². The molecule has 0 radical (unpaired) electrons. The lowest BCUT2D eigenvalue weighted by Gasteiger charge is -2.28. The van der Waals surface area contributed by atoms with E-state index in [1.165, 1.54) is 25.7 Å². The zero-order chi connectivity index (χ0) is 13.4. The van der Waals surface area contributed by atoms with Crippen molar-refractivity contribution in [2.24, 2.45) is 17.8 Å². The normalized spacial score (nSPS) is 30.6. The third kappa shape index (κ3) is 2.62. The minimum Gasteiger partial charge on any atom is -0.387 e. The zero-order valence-corrected chi connectivity index (χ0v) is 11.9. The van der Waals surface area contributed by atoms with E-state index in [0.29, 0.717) is 0 Å². The first-order valence-corrected chi connectivity index (χ1v) is 7.48. The Morgan fingerprint density at radius 3 is 2.74 bits per heavy atom. The van der Waals surface area contributed by atoms with E-state index in [2.05, 4.69) is 23.0 Å². The molecular weight excluding hydrogens is 236 g/mol. The highest BCUT2D eigenvalue weighted by atomic mass is 16.3. The maximum absolute atomic E-state index is 9.48. The van der Waals surface area contributed by atoms with Crippen LogP contribution in [0.15, 0.2) is 18.3 Å². The number of anilines is 1. The van der Waals surface area contributed by atoms with Crippen LogP contribution in [0, 0.1) is 17.8 Å². The Labute approximate surface area is 115 Å². The smallest absolute Gasteiger partial charge is 0.0931 e. The molecule has 2 aliphatic rings. The zero-order valence-electron chi connectivity index (χ0n) is 11.9. The number of pyridine rings is 1. The van der Waals surface area contributed by atoms with Gasteiger partial charge in [-0.2, -0.15) is 0 Å². The third-order valence-corrected chi connectivity index (χ3v) is 5.03. The first-order valence-electron chi connectivity index (χ1n) is 7.48. The average Bonchev–Trinajstić information content (AvgIpc) is 3.01. The summed E-state index contributed by atoms with van der Waals surface area (Å²) < 4.78 is 0. The minimum absolute atomic E-state index is 0.482. The van der Waals surface area contributed by atoms with Gasteiger partial charge in [-0.1, -0.05) is 6.42 Å². The summed E-state index contributed by atoms with van der Waals surface area (Å²) in [5, 5.41) is 9.48. The van der Waals surface area contributed by atoms with Gasteiger partial charge in [0.15, 0.2) is 0 Å². The number of aromatic nitrogens is 1. The monoisotopic (exact) mass is 260 g/mol. The standard InChI is InChI=1S/C16H24N2O/c1-11(19)16-6-5-15(9-17-16)18(2)10-14-8-12-3-4-13(14)7-12/h5-6,9,11-14,19H,3-4,7-8,10H2,1-2H3. The van der Waals surface area contributed by atoms with Crippen LogP contribution in [-0.2, 0) is 0 Å². The summed E-state index contributed by atoms with van der Waals surface area (Å²) in [7, 11) is 2.16. The van der Waals surface area contributed by atoms with E-state index in [9.17, 15) is 5.11 Å². The van der Waals surface area contributed by atoms with Crippen molar-refractivity contribution < 1.29 is 5.11 Å². The van der Waals surface area contributed by atoms with Crippen molar-refractivity contribution in [1.82, 2.24) is 4.98 Å². The van der Waals surface area contributed by atoms with Gasteiger partial charge in [-0.3, -0.25) is 4.98 Å². The Kier molecular flexibility index (Phi) is 3.48. The van der Waals surface area contributed by atoms with Gasteiger partial charge in [-0.15, -0.1) is 0 Å². The van der Waals surface area contributed by atoms with Crippen molar-refractivity contribution in [3.63, 3.8) is 0 Å². The summed E-state index contributed by atoms with van der Waals surface area (Å²) in [6.45, 7) is 2.90. The second kappa shape index (κ2) is 5.12. The molecule has 3 heteroatoms. The van der Waals surface area contributed by atoms with Gasteiger partial charge in [0, 0.05) is 13.6 Å². The molecule has 0 spiro atoms. The van der Waals surface area contributed by atoms with Crippen LogP contribution >= 0.6 is 0 Å². The fraction of sp³-hybridized carbons (Fsp3) is 0.688. The molecule has 2 saturated carbocycles.